The molecule has 0 fully saturated rings. The van der Waals surface area contributed by atoms with Gasteiger partial charge in [-0.05, 0) is 57.2 Å². The summed E-state index contributed by atoms with van der Waals surface area (Å²) >= 11 is 0. The molecule has 0 spiro atoms. The van der Waals surface area contributed by atoms with Crippen LogP contribution in [-0.4, -0.2) is 25.9 Å². The van der Waals surface area contributed by atoms with Crippen molar-refractivity contribution in [2.45, 2.75) is 26.4 Å². The van der Waals surface area contributed by atoms with Crippen molar-refractivity contribution in [3.05, 3.63) is 42.5 Å². The van der Waals surface area contributed by atoms with Gasteiger partial charge in [-0.1, -0.05) is 0 Å². The quantitative estimate of drug-likeness (QED) is 0.816. The number of rotatable bonds is 5. The van der Waals surface area contributed by atoms with E-state index in [1.165, 1.54) is 0 Å². The maximum absolute atomic E-state index is 11.8. The summed E-state index contributed by atoms with van der Waals surface area (Å²) in [6.45, 7) is 5.46. The Morgan fingerprint density at radius 1 is 0.920 bits per heavy atom. The molecule has 0 saturated carbocycles. The van der Waals surface area contributed by atoms with Crippen LogP contribution in [0.15, 0.2) is 42.5 Å². The van der Waals surface area contributed by atoms with E-state index in [9.17, 15) is 4.79 Å². The van der Waals surface area contributed by atoms with Crippen LogP contribution in [0.1, 0.15) is 20.8 Å². The Hall–Kier alpha value is -2.89. The Bertz CT molecular complexity index is 721. The highest BCUT2D eigenvalue weighted by atomic mass is 16.6. The third-order valence-corrected chi connectivity index (χ3v) is 3.22. The fraction of sp³-hybridized carbons (Fsp3) is 0.316. The van der Waals surface area contributed by atoms with E-state index >= 15 is 0 Å². The lowest BCUT2D eigenvalue weighted by Crippen LogP contribution is -2.27. The van der Waals surface area contributed by atoms with Crippen molar-refractivity contribution in [1.82, 2.24) is 0 Å². The van der Waals surface area contributed by atoms with Gasteiger partial charge in [0.25, 0.3) is 0 Å². The van der Waals surface area contributed by atoms with E-state index in [1.54, 1.807) is 26.4 Å². The van der Waals surface area contributed by atoms with Crippen LogP contribution in [0, 0.1) is 0 Å². The van der Waals surface area contributed by atoms with Crippen molar-refractivity contribution >= 4 is 23.2 Å². The topological polar surface area (TPSA) is 68.8 Å². The minimum Gasteiger partial charge on any atom is -0.497 e. The lowest BCUT2D eigenvalue weighted by atomic mass is 10.2. The molecule has 0 saturated heterocycles. The highest BCUT2D eigenvalue weighted by Gasteiger charge is 2.16. The fourth-order valence-electron chi connectivity index (χ4n) is 2.13. The van der Waals surface area contributed by atoms with Gasteiger partial charge in [0.1, 0.15) is 17.1 Å². The molecule has 0 atom stereocenters. The first kappa shape index (κ1) is 18.4. The number of hydrogen-bond donors (Lipinski definition) is 2. The molecule has 2 N–H and O–H groups in total. The van der Waals surface area contributed by atoms with Crippen LogP contribution >= 0.6 is 0 Å². The number of ether oxygens (including phenoxy) is 3. The lowest BCUT2D eigenvalue weighted by Gasteiger charge is -2.19. The van der Waals surface area contributed by atoms with Crippen LogP contribution in [0.4, 0.5) is 21.9 Å². The summed E-state index contributed by atoms with van der Waals surface area (Å²) < 4.78 is 15.8. The molecular formula is C19H24N2O4. The first-order valence-corrected chi connectivity index (χ1v) is 7.90. The summed E-state index contributed by atoms with van der Waals surface area (Å²) in [5.74, 6) is 1.43. The van der Waals surface area contributed by atoms with Crippen LogP contribution in [0.25, 0.3) is 0 Å². The van der Waals surface area contributed by atoms with Gasteiger partial charge in [-0.25, -0.2) is 4.79 Å². The van der Waals surface area contributed by atoms with Crippen LogP contribution in [0.3, 0.4) is 0 Å². The average molecular weight is 344 g/mol. The van der Waals surface area contributed by atoms with Gasteiger partial charge in [-0.15, -0.1) is 0 Å². The number of benzene rings is 2. The van der Waals surface area contributed by atoms with Gasteiger partial charge in [0.2, 0.25) is 0 Å². The first-order valence-electron chi connectivity index (χ1n) is 7.90. The molecule has 0 aliphatic rings. The van der Waals surface area contributed by atoms with Crippen LogP contribution in [-0.2, 0) is 4.74 Å². The van der Waals surface area contributed by atoms with Gasteiger partial charge >= 0.3 is 6.09 Å². The maximum Gasteiger partial charge on any atom is 0.412 e. The Morgan fingerprint density at radius 2 is 1.56 bits per heavy atom. The normalized spacial score (nSPS) is 10.8. The molecular weight excluding hydrogens is 320 g/mol. The van der Waals surface area contributed by atoms with Gasteiger partial charge < -0.3 is 19.5 Å². The number of carbonyl (C=O) groups excluding carboxylic acids is 1. The van der Waals surface area contributed by atoms with Crippen molar-refractivity contribution in [2.24, 2.45) is 0 Å². The highest BCUT2D eigenvalue weighted by molar-refractivity contribution is 5.85. The van der Waals surface area contributed by atoms with Crippen molar-refractivity contribution in [3.8, 4) is 11.5 Å². The molecule has 2 rings (SSSR count). The predicted molar refractivity (Wildman–Crippen MR) is 99.1 cm³/mol. The molecule has 25 heavy (non-hydrogen) atoms. The summed E-state index contributed by atoms with van der Waals surface area (Å²) in [6.07, 6.45) is -0.484. The zero-order chi connectivity index (χ0) is 18.4. The molecule has 0 radical (unpaired) electrons. The molecule has 6 heteroatoms. The SMILES string of the molecule is COc1ccc(OC)c(Nc2ccc(NC(=O)OC(C)(C)C)cc2)c1. The number of nitrogens with one attached hydrogen (secondary N) is 2. The second-order valence-corrected chi connectivity index (χ2v) is 6.40. The van der Waals surface area contributed by atoms with E-state index in [0.717, 1.165) is 17.1 Å². The van der Waals surface area contributed by atoms with Crippen LogP contribution < -0.4 is 20.1 Å². The van der Waals surface area contributed by atoms with Crippen LogP contribution in [0.2, 0.25) is 0 Å². The predicted octanol–water partition coefficient (Wildman–Crippen LogP) is 4.79. The largest absolute Gasteiger partial charge is 0.497 e. The van der Waals surface area contributed by atoms with Gasteiger partial charge in [0.15, 0.2) is 0 Å². The Balaban J connectivity index is 2.07. The third kappa shape index (κ3) is 5.60. The van der Waals surface area contributed by atoms with E-state index in [0.29, 0.717) is 11.4 Å². The molecule has 0 bridgehead atoms. The number of methoxy groups -OCH3 is 2. The molecule has 0 aliphatic carbocycles. The highest BCUT2D eigenvalue weighted by Crippen LogP contribution is 2.31. The maximum atomic E-state index is 11.8. The molecule has 0 unspecified atom stereocenters. The van der Waals surface area contributed by atoms with Gasteiger partial charge in [0, 0.05) is 17.4 Å². The smallest absolute Gasteiger partial charge is 0.412 e. The molecule has 2 aromatic rings. The summed E-state index contributed by atoms with van der Waals surface area (Å²) in [6, 6.07) is 12.8. The van der Waals surface area contributed by atoms with E-state index in [-0.39, 0.29) is 0 Å². The molecule has 0 heterocycles. The van der Waals surface area contributed by atoms with Gasteiger partial charge in [0.05, 0.1) is 19.9 Å². The van der Waals surface area contributed by atoms with E-state index in [1.807, 2.05) is 51.1 Å². The van der Waals surface area contributed by atoms with E-state index in [4.69, 9.17) is 14.2 Å². The number of carbonyl (C=O) groups is 1. The van der Waals surface area contributed by atoms with Crippen LogP contribution in [0.5, 0.6) is 11.5 Å². The van der Waals surface area contributed by atoms with Gasteiger partial charge in [-0.2, -0.15) is 0 Å². The summed E-state index contributed by atoms with van der Waals surface area (Å²) in [5, 5.41) is 5.96. The molecule has 6 nitrogen and oxygen atoms in total. The fourth-order valence-corrected chi connectivity index (χ4v) is 2.13. The number of hydrogen-bond acceptors (Lipinski definition) is 5. The molecule has 2 aromatic carbocycles. The summed E-state index contributed by atoms with van der Waals surface area (Å²) in [7, 11) is 3.23. The first-order chi connectivity index (χ1) is 11.8. The minimum absolute atomic E-state index is 0.484. The van der Waals surface area contributed by atoms with E-state index in [2.05, 4.69) is 10.6 Å². The second kappa shape index (κ2) is 7.79. The van der Waals surface area contributed by atoms with Crippen molar-refractivity contribution < 1.29 is 19.0 Å². The second-order valence-electron chi connectivity index (χ2n) is 6.40. The monoisotopic (exact) mass is 344 g/mol. The average Bonchev–Trinajstić information content (AvgIpc) is 2.54. The zero-order valence-corrected chi connectivity index (χ0v) is 15.2. The van der Waals surface area contributed by atoms with Gasteiger partial charge in [-0.3, -0.25) is 5.32 Å². The number of amides is 1. The molecule has 0 aromatic heterocycles. The minimum atomic E-state index is -0.533. The zero-order valence-electron chi connectivity index (χ0n) is 15.2. The van der Waals surface area contributed by atoms with E-state index < -0.39 is 11.7 Å². The van der Waals surface area contributed by atoms with Crippen molar-refractivity contribution in [1.29, 1.82) is 0 Å². The Morgan fingerprint density at radius 3 is 2.12 bits per heavy atom. The number of anilines is 3. The summed E-state index contributed by atoms with van der Waals surface area (Å²) in [5.41, 5.74) is 1.75. The lowest BCUT2D eigenvalue weighted by molar-refractivity contribution is 0.0636. The van der Waals surface area contributed by atoms with Crippen molar-refractivity contribution in [3.63, 3.8) is 0 Å². The third-order valence-electron chi connectivity index (χ3n) is 3.22. The molecule has 1 amide bonds. The molecule has 0 aliphatic heterocycles. The Labute approximate surface area is 148 Å². The molecule has 134 valence electrons. The van der Waals surface area contributed by atoms with Crippen molar-refractivity contribution in [2.75, 3.05) is 24.9 Å². The summed E-state index contributed by atoms with van der Waals surface area (Å²) in [4.78, 5) is 11.8. The Kier molecular flexibility index (Phi) is 5.75. The standard InChI is InChI=1S/C19H24N2O4/c1-19(2,3)25-18(22)21-14-8-6-13(7-9-14)20-16-12-15(23-4)10-11-17(16)24-5/h6-12,20H,1-5H3,(H,21,22).